The molecule has 1 heterocycles. The van der Waals surface area contributed by atoms with Crippen molar-refractivity contribution in [2.24, 2.45) is 11.3 Å². The van der Waals surface area contributed by atoms with Crippen LogP contribution < -0.4 is 5.32 Å². The van der Waals surface area contributed by atoms with Gasteiger partial charge in [-0.15, -0.1) is 0 Å². The van der Waals surface area contributed by atoms with E-state index in [2.05, 4.69) is 25.4 Å². The molecule has 0 aromatic rings. The zero-order valence-electron chi connectivity index (χ0n) is 11.8. The van der Waals surface area contributed by atoms with Gasteiger partial charge in [-0.25, -0.2) is 0 Å². The van der Waals surface area contributed by atoms with E-state index in [1.807, 2.05) is 11.8 Å². The fourth-order valence-corrected chi connectivity index (χ4v) is 4.35. The second kappa shape index (κ2) is 6.12. The lowest BCUT2D eigenvalue weighted by Gasteiger charge is -2.61. The Morgan fingerprint density at radius 1 is 1.50 bits per heavy atom. The molecule has 1 saturated heterocycles. The second-order valence-corrected chi connectivity index (χ2v) is 7.14. The van der Waals surface area contributed by atoms with E-state index in [1.165, 1.54) is 12.8 Å². The van der Waals surface area contributed by atoms with Crippen molar-refractivity contribution in [1.82, 2.24) is 5.32 Å². The van der Waals surface area contributed by atoms with Gasteiger partial charge in [-0.2, -0.15) is 11.8 Å². The van der Waals surface area contributed by atoms with E-state index in [-0.39, 0.29) is 12.0 Å². The van der Waals surface area contributed by atoms with Gasteiger partial charge >= 0.3 is 0 Å². The summed E-state index contributed by atoms with van der Waals surface area (Å²) in [5.41, 5.74) is 0.233. The van der Waals surface area contributed by atoms with E-state index in [4.69, 9.17) is 9.84 Å². The molecule has 106 valence electrons. The summed E-state index contributed by atoms with van der Waals surface area (Å²) < 4.78 is 5.93. The van der Waals surface area contributed by atoms with Crippen LogP contribution >= 0.6 is 11.8 Å². The molecule has 18 heavy (non-hydrogen) atoms. The van der Waals surface area contributed by atoms with Crippen LogP contribution in [0.1, 0.15) is 33.1 Å². The first-order valence-electron chi connectivity index (χ1n) is 7.08. The van der Waals surface area contributed by atoms with Gasteiger partial charge in [0, 0.05) is 42.4 Å². The Kier molecular flexibility index (Phi) is 4.98. The molecule has 1 aliphatic heterocycles. The van der Waals surface area contributed by atoms with E-state index in [9.17, 15) is 0 Å². The Bertz CT molecular complexity index is 267. The largest absolute Gasteiger partial charge is 0.396 e. The van der Waals surface area contributed by atoms with Crippen molar-refractivity contribution in [3.05, 3.63) is 0 Å². The first kappa shape index (κ1) is 14.6. The summed E-state index contributed by atoms with van der Waals surface area (Å²) in [7, 11) is 0. The number of aliphatic hydroxyl groups excluding tert-OH is 1. The smallest absolute Gasteiger partial charge is 0.0684 e. The topological polar surface area (TPSA) is 41.5 Å². The van der Waals surface area contributed by atoms with Crippen LogP contribution in [-0.4, -0.2) is 48.5 Å². The lowest BCUT2D eigenvalue weighted by atomic mass is 9.55. The number of ether oxygens (including phenoxy) is 1. The fourth-order valence-electron chi connectivity index (χ4n) is 3.69. The van der Waals surface area contributed by atoms with Gasteiger partial charge in [0.05, 0.1) is 6.10 Å². The minimum absolute atomic E-state index is 0.233. The molecular formula is C14H27NO2S. The maximum absolute atomic E-state index is 9.16. The van der Waals surface area contributed by atoms with Crippen LogP contribution in [0.5, 0.6) is 0 Å². The summed E-state index contributed by atoms with van der Waals surface area (Å²) in [6, 6.07) is 0.976. The summed E-state index contributed by atoms with van der Waals surface area (Å²) in [6.45, 7) is 5.83. The van der Waals surface area contributed by atoms with Crippen LogP contribution in [0.2, 0.25) is 0 Å². The number of thioether (sulfide) groups is 1. The van der Waals surface area contributed by atoms with Gasteiger partial charge in [-0.05, 0) is 25.5 Å². The number of aliphatic hydroxyl groups is 1. The van der Waals surface area contributed by atoms with Crippen LogP contribution in [0.3, 0.4) is 0 Å². The highest BCUT2D eigenvalue weighted by molar-refractivity contribution is 7.98. The van der Waals surface area contributed by atoms with Gasteiger partial charge in [0.25, 0.3) is 0 Å². The molecule has 0 amide bonds. The van der Waals surface area contributed by atoms with Crippen LogP contribution in [0, 0.1) is 11.3 Å². The molecule has 1 aliphatic carbocycles. The van der Waals surface area contributed by atoms with E-state index in [0.717, 1.165) is 18.8 Å². The lowest BCUT2D eigenvalue weighted by Crippen LogP contribution is -2.70. The first-order valence-corrected chi connectivity index (χ1v) is 8.48. The Morgan fingerprint density at radius 3 is 2.94 bits per heavy atom. The highest BCUT2D eigenvalue weighted by atomic mass is 32.2. The van der Waals surface area contributed by atoms with Crippen molar-refractivity contribution < 1.29 is 9.84 Å². The Morgan fingerprint density at radius 2 is 2.28 bits per heavy atom. The average Bonchev–Trinajstić information content (AvgIpc) is 2.36. The molecule has 2 fully saturated rings. The Labute approximate surface area is 115 Å². The first-order chi connectivity index (χ1) is 8.61. The van der Waals surface area contributed by atoms with Crippen molar-refractivity contribution in [3.8, 4) is 0 Å². The number of fused-ring (bicyclic) bond motifs is 1. The predicted octanol–water partition coefficient (Wildman–Crippen LogP) is 1.89. The van der Waals surface area contributed by atoms with Crippen molar-refractivity contribution in [2.45, 2.75) is 51.3 Å². The molecule has 0 aromatic carbocycles. The van der Waals surface area contributed by atoms with Crippen LogP contribution in [0.15, 0.2) is 0 Å². The molecule has 2 N–H and O–H groups in total. The second-order valence-electron chi connectivity index (χ2n) is 6.23. The molecule has 4 unspecified atom stereocenters. The number of hydrogen-bond donors (Lipinski definition) is 2. The molecule has 2 aliphatic rings. The summed E-state index contributed by atoms with van der Waals surface area (Å²) in [5.74, 6) is 1.75. The van der Waals surface area contributed by atoms with Gasteiger partial charge in [0.15, 0.2) is 0 Å². The van der Waals surface area contributed by atoms with Crippen molar-refractivity contribution in [2.75, 3.05) is 25.2 Å². The maximum atomic E-state index is 9.16. The van der Waals surface area contributed by atoms with Gasteiger partial charge in [-0.1, -0.05) is 13.8 Å². The van der Waals surface area contributed by atoms with Crippen LogP contribution in [0.25, 0.3) is 0 Å². The SMILES string of the molecule is CSCC(CCO)NC1C2CCCOC2C1(C)C. The normalized spacial score (nSPS) is 35.7. The predicted molar refractivity (Wildman–Crippen MR) is 77.0 cm³/mol. The molecule has 4 atom stereocenters. The van der Waals surface area contributed by atoms with Crippen LogP contribution in [0.4, 0.5) is 0 Å². The van der Waals surface area contributed by atoms with Gasteiger partial charge in [0.2, 0.25) is 0 Å². The third-order valence-corrected chi connectivity index (χ3v) is 5.33. The summed E-state index contributed by atoms with van der Waals surface area (Å²) in [6.07, 6.45) is 5.91. The third-order valence-electron chi connectivity index (χ3n) is 4.59. The third kappa shape index (κ3) is 2.72. The van der Waals surface area contributed by atoms with E-state index < -0.39 is 0 Å². The number of rotatable bonds is 6. The van der Waals surface area contributed by atoms with Gasteiger partial charge < -0.3 is 15.2 Å². The zero-order valence-corrected chi connectivity index (χ0v) is 12.6. The molecule has 0 spiro atoms. The fraction of sp³-hybridized carbons (Fsp3) is 1.00. The van der Waals surface area contributed by atoms with Gasteiger partial charge in [0.1, 0.15) is 0 Å². The Hall–Kier alpha value is 0.230. The maximum Gasteiger partial charge on any atom is 0.0684 e. The number of nitrogens with one attached hydrogen (secondary N) is 1. The molecule has 1 saturated carbocycles. The highest BCUT2D eigenvalue weighted by Gasteiger charge is 2.57. The zero-order chi connectivity index (χ0) is 13.2. The molecule has 0 aromatic heterocycles. The molecule has 3 nitrogen and oxygen atoms in total. The van der Waals surface area contributed by atoms with Gasteiger partial charge in [-0.3, -0.25) is 0 Å². The summed E-state index contributed by atoms with van der Waals surface area (Å²) >= 11 is 1.85. The molecular weight excluding hydrogens is 246 g/mol. The van der Waals surface area contributed by atoms with Crippen molar-refractivity contribution in [3.63, 3.8) is 0 Å². The van der Waals surface area contributed by atoms with E-state index in [1.54, 1.807) is 0 Å². The van der Waals surface area contributed by atoms with E-state index >= 15 is 0 Å². The minimum Gasteiger partial charge on any atom is -0.396 e. The standard InChI is InChI=1S/C14H27NO2S/c1-14(2)12(11-5-4-8-17-13(11)14)15-10(6-7-16)9-18-3/h10-13,15-16H,4-9H2,1-3H3. The quantitative estimate of drug-likeness (QED) is 0.775. The van der Waals surface area contributed by atoms with Crippen molar-refractivity contribution >= 4 is 11.8 Å². The monoisotopic (exact) mass is 273 g/mol. The van der Waals surface area contributed by atoms with Crippen molar-refractivity contribution in [1.29, 1.82) is 0 Å². The van der Waals surface area contributed by atoms with E-state index in [0.29, 0.717) is 24.1 Å². The summed E-state index contributed by atoms with van der Waals surface area (Å²) in [4.78, 5) is 0. The lowest BCUT2D eigenvalue weighted by molar-refractivity contribution is -0.194. The molecule has 0 bridgehead atoms. The molecule has 4 heteroatoms. The van der Waals surface area contributed by atoms with Crippen LogP contribution in [-0.2, 0) is 4.74 Å². The molecule has 2 rings (SSSR count). The highest BCUT2D eigenvalue weighted by Crippen LogP contribution is 2.51. The molecule has 0 radical (unpaired) electrons. The minimum atomic E-state index is 0.233. The summed E-state index contributed by atoms with van der Waals surface area (Å²) in [5, 5.41) is 12.9. The average molecular weight is 273 g/mol. The number of hydrogen-bond acceptors (Lipinski definition) is 4. The Balaban J connectivity index is 1.94.